The van der Waals surface area contributed by atoms with Gasteiger partial charge in [-0.1, -0.05) is 23.7 Å². The number of nitrogens with zero attached hydrogens (tertiary/aromatic N) is 5. The van der Waals surface area contributed by atoms with Crippen LogP contribution in [-0.4, -0.2) is 51.9 Å². The van der Waals surface area contributed by atoms with Gasteiger partial charge in [-0.2, -0.15) is 0 Å². The molecule has 9 heteroatoms. The Bertz CT molecular complexity index is 939. The van der Waals surface area contributed by atoms with Gasteiger partial charge in [0.05, 0.1) is 4.47 Å². The second-order valence-electron chi connectivity index (χ2n) is 6.03. The van der Waals surface area contributed by atoms with E-state index in [-0.39, 0.29) is 5.91 Å². The maximum absolute atomic E-state index is 12.8. The molecule has 3 aromatic rings. The zero-order valence-electron chi connectivity index (χ0n) is 14.2. The molecule has 0 bridgehead atoms. The normalized spacial score (nSPS) is 14.4. The molecule has 3 heterocycles. The van der Waals surface area contributed by atoms with Crippen LogP contribution in [0.5, 0.6) is 0 Å². The summed E-state index contributed by atoms with van der Waals surface area (Å²) in [5.74, 6) is 0.645. The first kappa shape index (κ1) is 18.3. The molecule has 1 amide bonds. The molecular formula is C18H15BrClN5OS. The van der Waals surface area contributed by atoms with Crippen molar-refractivity contribution in [3.8, 4) is 10.6 Å². The number of rotatable bonds is 3. The third-order valence-corrected chi connectivity index (χ3v) is 5.82. The summed E-state index contributed by atoms with van der Waals surface area (Å²) < 4.78 is 0.847. The molecule has 0 aliphatic carbocycles. The summed E-state index contributed by atoms with van der Waals surface area (Å²) in [6, 6.07) is 7.46. The lowest BCUT2D eigenvalue weighted by Gasteiger charge is -2.34. The van der Waals surface area contributed by atoms with Crippen LogP contribution in [0.25, 0.3) is 10.6 Å². The molecule has 1 fully saturated rings. The predicted octanol–water partition coefficient (Wildman–Crippen LogP) is 3.98. The summed E-state index contributed by atoms with van der Waals surface area (Å²) in [6.07, 6.45) is 3.46. The number of piperazine rings is 1. The van der Waals surface area contributed by atoms with Gasteiger partial charge in [0.2, 0.25) is 5.95 Å². The average molecular weight is 465 g/mol. The Morgan fingerprint density at radius 3 is 2.41 bits per heavy atom. The molecule has 138 valence electrons. The van der Waals surface area contributed by atoms with Gasteiger partial charge in [-0.05, 0) is 28.1 Å². The van der Waals surface area contributed by atoms with E-state index in [9.17, 15) is 4.79 Å². The Morgan fingerprint density at radius 2 is 1.74 bits per heavy atom. The van der Waals surface area contributed by atoms with Crippen molar-refractivity contribution in [2.45, 2.75) is 0 Å². The van der Waals surface area contributed by atoms with Gasteiger partial charge in [0.15, 0.2) is 0 Å². The topological polar surface area (TPSA) is 62.2 Å². The summed E-state index contributed by atoms with van der Waals surface area (Å²) in [7, 11) is 0. The van der Waals surface area contributed by atoms with E-state index in [1.54, 1.807) is 12.4 Å². The Hall–Kier alpha value is -2.03. The molecule has 0 atom stereocenters. The summed E-state index contributed by atoms with van der Waals surface area (Å²) in [4.78, 5) is 29.8. The van der Waals surface area contributed by atoms with Crippen molar-refractivity contribution in [2.75, 3.05) is 31.1 Å². The number of hydrogen-bond donors (Lipinski definition) is 0. The minimum atomic E-state index is -0.0390. The molecule has 2 aromatic heterocycles. The van der Waals surface area contributed by atoms with E-state index in [0.717, 1.165) is 15.0 Å². The molecule has 0 spiro atoms. The molecule has 1 aliphatic heterocycles. The Balaban J connectivity index is 1.41. The standard InChI is InChI=1S/C18H15BrClN5OS/c19-13-9-21-18(22-10-13)25-7-5-24(6-8-25)17(26)15-11-27-16(23-15)12-1-3-14(20)4-2-12/h1-4,9-11H,5-8H2. The summed E-state index contributed by atoms with van der Waals surface area (Å²) in [5, 5.41) is 3.31. The minimum absolute atomic E-state index is 0.0390. The van der Waals surface area contributed by atoms with Gasteiger partial charge in [0.25, 0.3) is 5.91 Å². The van der Waals surface area contributed by atoms with Crippen LogP contribution < -0.4 is 4.90 Å². The molecule has 1 aliphatic rings. The van der Waals surface area contributed by atoms with Crippen molar-refractivity contribution < 1.29 is 4.79 Å². The quantitative estimate of drug-likeness (QED) is 0.587. The van der Waals surface area contributed by atoms with Crippen molar-refractivity contribution in [3.63, 3.8) is 0 Å². The number of benzene rings is 1. The van der Waals surface area contributed by atoms with E-state index in [0.29, 0.717) is 42.8 Å². The van der Waals surface area contributed by atoms with Gasteiger partial charge in [0, 0.05) is 54.5 Å². The molecule has 1 aromatic carbocycles. The molecule has 27 heavy (non-hydrogen) atoms. The molecular weight excluding hydrogens is 450 g/mol. The summed E-state index contributed by atoms with van der Waals surface area (Å²) in [5.41, 5.74) is 1.44. The number of anilines is 1. The Kier molecular flexibility index (Phi) is 5.38. The fourth-order valence-corrected chi connectivity index (χ4v) is 3.97. The highest BCUT2D eigenvalue weighted by atomic mass is 79.9. The first-order valence-electron chi connectivity index (χ1n) is 8.33. The van der Waals surface area contributed by atoms with Crippen LogP contribution in [0.3, 0.4) is 0 Å². The van der Waals surface area contributed by atoms with Crippen LogP contribution in [0.2, 0.25) is 5.02 Å². The number of amides is 1. The second kappa shape index (κ2) is 7.92. The number of carbonyl (C=O) groups excluding carboxylic acids is 1. The van der Waals surface area contributed by atoms with E-state index >= 15 is 0 Å². The number of hydrogen-bond acceptors (Lipinski definition) is 6. The monoisotopic (exact) mass is 463 g/mol. The van der Waals surface area contributed by atoms with Crippen molar-refractivity contribution in [2.24, 2.45) is 0 Å². The van der Waals surface area contributed by atoms with Crippen molar-refractivity contribution in [3.05, 3.63) is 57.2 Å². The molecule has 0 unspecified atom stereocenters. The Morgan fingerprint density at radius 1 is 1.07 bits per heavy atom. The number of thiazole rings is 1. The lowest BCUT2D eigenvalue weighted by molar-refractivity contribution is 0.0741. The number of halogens is 2. The zero-order valence-corrected chi connectivity index (χ0v) is 17.3. The van der Waals surface area contributed by atoms with Crippen LogP contribution in [0, 0.1) is 0 Å². The second-order valence-corrected chi connectivity index (χ2v) is 8.24. The molecule has 6 nitrogen and oxygen atoms in total. The van der Waals surface area contributed by atoms with E-state index in [4.69, 9.17) is 11.6 Å². The van der Waals surface area contributed by atoms with Crippen LogP contribution in [0.1, 0.15) is 10.5 Å². The number of aromatic nitrogens is 3. The average Bonchev–Trinajstić information content (AvgIpc) is 3.19. The van der Waals surface area contributed by atoms with Gasteiger partial charge in [-0.25, -0.2) is 15.0 Å². The first-order valence-corrected chi connectivity index (χ1v) is 10.4. The fourth-order valence-electron chi connectivity index (χ4n) is 2.84. The van der Waals surface area contributed by atoms with Gasteiger partial charge in [-0.15, -0.1) is 11.3 Å². The molecule has 1 saturated heterocycles. The van der Waals surface area contributed by atoms with Gasteiger partial charge in [0.1, 0.15) is 10.7 Å². The highest BCUT2D eigenvalue weighted by Gasteiger charge is 2.25. The molecule has 0 saturated carbocycles. The number of carbonyl (C=O) groups is 1. The van der Waals surface area contributed by atoms with Crippen LogP contribution in [0.4, 0.5) is 5.95 Å². The maximum atomic E-state index is 12.8. The highest BCUT2D eigenvalue weighted by molar-refractivity contribution is 9.10. The van der Waals surface area contributed by atoms with Crippen LogP contribution >= 0.6 is 38.9 Å². The summed E-state index contributed by atoms with van der Waals surface area (Å²) >= 11 is 10.7. The van der Waals surface area contributed by atoms with Gasteiger partial charge >= 0.3 is 0 Å². The van der Waals surface area contributed by atoms with E-state index in [1.165, 1.54) is 11.3 Å². The zero-order chi connectivity index (χ0) is 18.8. The highest BCUT2D eigenvalue weighted by Crippen LogP contribution is 2.26. The van der Waals surface area contributed by atoms with Gasteiger partial charge < -0.3 is 9.80 Å². The van der Waals surface area contributed by atoms with Crippen molar-refractivity contribution >= 4 is 50.7 Å². The lowest BCUT2D eigenvalue weighted by atomic mass is 10.2. The van der Waals surface area contributed by atoms with Crippen molar-refractivity contribution in [1.29, 1.82) is 0 Å². The van der Waals surface area contributed by atoms with Crippen molar-refractivity contribution in [1.82, 2.24) is 19.9 Å². The maximum Gasteiger partial charge on any atom is 0.273 e. The van der Waals surface area contributed by atoms with Crippen LogP contribution in [0.15, 0.2) is 46.5 Å². The Labute approximate surface area is 174 Å². The van der Waals surface area contributed by atoms with Crippen LogP contribution in [-0.2, 0) is 0 Å². The minimum Gasteiger partial charge on any atom is -0.337 e. The van der Waals surface area contributed by atoms with E-state index in [1.807, 2.05) is 34.5 Å². The largest absolute Gasteiger partial charge is 0.337 e. The molecule has 0 N–H and O–H groups in total. The third-order valence-electron chi connectivity index (χ3n) is 4.27. The lowest BCUT2D eigenvalue weighted by Crippen LogP contribution is -2.49. The smallest absolute Gasteiger partial charge is 0.273 e. The molecule has 4 rings (SSSR count). The van der Waals surface area contributed by atoms with E-state index < -0.39 is 0 Å². The van der Waals surface area contributed by atoms with E-state index in [2.05, 4.69) is 35.8 Å². The first-order chi connectivity index (χ1) is 13.1. The molecule has 0 radical (unpaired) electrons. The SMILES string of the molecule is O=C(c1csc(-c2ccc(Cl)cc2)n1)N1CCN(c2ncc(Br)cn2)CC1. The van der Waals surface area contributed by atoms with Gasteiger partial charge in [-0.3, -0.25) is 4.79 Å². The fraction of sp³-hybridized carbons (Fsp3) is 0.222. The summed E-state index contributed by atoms with van der Waals surface area (Å²) in [6.45, 7) is 2.63. The third kappa shape index (κ3) is 4.12. The predicted molar refractivity (Wildman–Crippen MR) is 110 cm³/mol.